The largest absolute Gasteiger partial charge is 0.453 e. The van der Waals surface area contributed by atoms with E-state index < -0.39 is 0 Å². The van der Waals surface area contributed by atoms with Crippen LogP contribution in [0.2, 0.25) is 0 Å². The lowest BCUT2D eigenvalue weighted by Gasteiger charge is -2.16. The summed E-state index contributed by atoms with van der Waals surface area (Å²) in [4.78, 5) is 0. The molecule has 2 atom stereocenters. The Labute approximate surface area is 99.3 Å². The van der Waals surface area contributed by atoms with Gasteiger partial charge in [-0.1, -0.05) is 0 Å². The summed E-state index contributed by atoms with van der Waals surface area (Å²) >= 11 is 3.29. The van der Waals surface area contributed by atoms with Crippen molar-refractivity contribution in [3.63, 3.8) is 0 Å². The molecule has 0 amide bonds. The molecule has 0 aliphatic heterocycles. The van der Waals surface area contributed by atoms with Crippen molar-refractivity contribution in [2.24, 2.45) is 0 Å². The molecule has 0 spiro atoms. The topological polar surface area (TPSA) is 34.4 Å². The summed E-state index contributed by atoms with van der Waals surface area (Å²) in [6.07, 6.45) is 0.232. The normalized spacial score (nSPS) is 15.2. The highest BCUT2D eigenvalue weighted by Gasteiger charge is 2.10. The molecule has 3 nitrogen and oxygen atoms in total. The zero-order chi connectivity index (χ0) is 11.3. The Morgan fingerprint density at radius 2 is 2.20 bits per heavy atom. The first kappa shape index (κ1) is 12.7. The van der Waals surface area contributed by atoms with Gasteiger partial charge in [-0.2, -0.15) is 0 Å². The molecule has 0 aliphatic carbocycles. The van der Waals surface area contributed by atoms with Crippen molar-refractivity contribution in [2.45, 2.75) is 32.9 Å². The van der Waals surface area contributed by atoms with Crippen LogP contribution in [-0.2, 0) is 4.74 Å². The van der Waals surface area contributed by atoms with Gasteiger partial charge in [0.25, 0.3) is 0 Å². The molecule has 1 N–H and O–H groups in total. The van der Waals surface area contributed by atoms with Crippen LogP contribution in [-0.4, -0.2) is 19.3 Å². The Morgan fingerprint density at radius 3 is 2.73 bits per heavy atom. The molecular weight excluding hydrogens is 258 g/mol. The van der Waals surface area contributed by atoms with Crippen molar-refractivity contribution in [2.75, 3.05) is 13.2 Å². The Kier molecular flexibility index (Phi) is 5.36. The number of hydrogen-bond acceptors (Lipinski definition) is 3. The average Bonchev–Trinajstić information content (AvgIpc) is 2.62. The highest BCUT2D eigenvalue weighted by Crippen LogP contribution is 2.19. The summed E-state index contributed by atoms with van der Waals surface area (Å²) in [5.41, 5.74) is 0. The lowest BCUT2D eigenvalue weighted by molar-refractivity contribution is 0.0738. The lowest BCUT2D eigenvalue weighted by Crippen LogP contribution is -2.28. The highest BCUT2D eigenvalue weighted by molar-refractivity contribution is 9.10. The summed E-state index contributed by atoms with van der Waals surface area (Å²) in [5, 5.41) is 3.36. The van der Waals surface area contributed by atoms with Gasteiger partial charge < -0.3 is 14.5 Å². The van der Waals surface area contributed by atoms with Crippen LogP contribution >= 0.6 is 15.9 Å². The fourth-order valence-corrected chi connectivity index (χ4v) is 1.67. The van der Waals surface area contributed by atoms with Crippen molar-refractivity contribution < 1.29 is 9.15 Å². The number of rotatable bonds is 6. The molecule has 0 aliphatic rings. The van der Waals surface area contributed by atoms with Gasteiger partial charge in [-0.05, 0) is 48.8 Å². The smallest absolute Gasteiger partial charge is 0.169 e. The van der Waals surface area contributed by atoms with Crippen LogP contribution < -0.4 is 5.32 Å². The van der Waals surface area contributed by atoms with Crippen LogP contribution in [0.3, 0.4) is 0 Å². The zero-order valence-electron chi connectivity index (χ0n) is 9.42. The first-order valence-corrected chi connectivity index (χ1v) is 6.03. The van der Waals surface area contributed by atoms with E-state index in [1.165, 1.54) is 0 Å². The predicted molar refractivity (Wildman–Crippen MR) is 63.9 cm³/mol. The summed E-state index contributed by atoms with van der Waals surface area (Å²) in [7, 11) is 0. The molecule has 0 saturated carbocycles. The first-order chi connectivity index (χ1) is 7.13. The van der Waals surface area contributed by atoms with E-state index in [1.54, 1.807) is 0 Å². The van der Waals surface area contributed by atoms with Gasteiger partial charge in [0.15, 0.2) is 4.67 Å². The van der Waals surface area contributed by atoms with Crippen molar-refractivity contribution >= 4 is 15.9 Å². The fraction of sp³-hybridized carbons (Fsp3) is 0.636. The van der Waals surface area contributed by atoms with Gasteiger partial charge in [0.05, 0.1) is 12.1 Å². The molecular formula is C11H18BrNO2. The highest BCUT2D eigenvalue weighted by atomic mass is 79.9. The van der Waals surface area contributed by atoms with Crippen LogP contribution in [0.1, 0.15) is 32.6 Å². The second kappa shape index (κ2) is 6.30. The van der Waals surface area contributed by atoms with E-state index in [9.17, 15) is 0 Å². The van der Waals surface area contributed by atoms with Gasteiger partial charge in [-0.3, -0.25) is 0 Å². The number of hydrogen-bond donors (Lipinski definition) is 1. The minimum Gasteiger partial charge on any atom is -0.453 e. The molecule has 86 valence electrons. The molecule has 1 aromatic heterocycles. The number of ether oxygens (including phenoxy) is 1. The Bertz CT molecular complexity index is 288. The van der Waals surface area contributed by atoms with Crippen LogP contribution in [0.5, 0.6) is 0 Å². The molecule has 1 heterocycles. The van der Waals surface area contributed by atoms with Crippen LogP contribution in [0, 0.1) is 0 Å². The van der Waals surface area contributed by atoms with Crippen LogP contribution in [0.15, 0.2) is 21.2 Å². The van der Waals surface area contributed by atoms with E-state index in [4.69, 9.17) is 9.15 Å². The van der Waals surface area contributed by atoms with Crippen LogP contribution in [0.25, 0.3) is 0 Å². The molecule has 0 saturated heterocycles. The van der Waals surface area contributed by atoms with Crippen LogP contribution in [0.4, 0.5) is 0 Å². The summed E-state index contributed by atoms with van der Waals surface area (Å²) in [6.45, 7) is 7.71. The molecule has 0 bridgehead atoms. The second-order valence-corrected chi connectivity index (χ2v) is 4.32. The molecule has 0 radical (unpaired) electrons. The van der Waals surface area contributed by atoms with Gasteiger partial charge >= 0.3 is 0 Å². The van der Waals surface area contributed by atoms with Crippen molar-refractivity contribution in [3.8, 4) is 0 Å². The van der Waals surface area contributed by atoms with E-state index >= 15 is 0 Å². The maximum Gasteiger partial charge on any atom is 0.169 e. The van der Waals surface area contributed by atoms with Gasteiger partial charge in [-0.15, -0.1) is 0 Å². The first-order valence-electron chi connectivity index (χ1n) is 5.23. The monoisotopic (exact) mass is 275 g/mol. The summed E-state index contributed by atoms with van der Waals surface area (Å²) < 4.78 is 11.6. The SMILES string of the molecule is CCOC(C)CNC(C)c1ccc(Br)o1. The molecule has 0 aromatic carbocycles. The molecule has 4 heteroatoms. The van der Waals surface area contributed by atoms with Gasteiger partial charge in [0.2, 0.25) is 0 Å². The molecule has 1 aromatic rings. The summed E-state index contributed by atoms with van der Waals surface area (Å²) in [5.74, 6) is 0.936. The third kappa shape index (κ3) is 4.36. The van der Waals surface area contributed by atoms with Crippen molar-refractivity contribution in [1.82, 2.24) is 5.32 Å². The molecule has 2 unspecified atom stereocenters. The van der Waals surface area contributed by atoms with E-state index in [2.05, 4.69) is 35.1 Å². The standard InChI is InChI=1S/C11H18BrNO2/c1-4-14-8(2)7-13-9(3)10-5-6-11(12)15-10/h5-6,8-9,13H,4,7H2,1-3H3. The predicted octanol–water partition coefficient (Wildman–Crippen LogP) is 3.12. The van der Waals surface area contributed by atoms with E-state index in [-0.39, 0.29) is 12.1 Å². The number of nitrogens with one attached hydrogen (secondary N) is 1. The fourth-order valence-electron chi connectivity index (χ4n) is 1.35. The maximum atomic E-state index is 5.45. The minimum atomic E-state index is 0.208. The van der Waals surface area contributed by atoms with E-state index in [0.717, 1.165) is 23.6 Å². The van der Waals surface area contributed by atoms with E-state index in [0.29, 0.717) is 0 Å². The van der Waals surface area contributed by atoms with Crippen molar-refractivity contribution in [1.29, 1.82) is 0 Å². The maximum absolute atomic E-state index is 5.45. The van der Waals surface area contributed by atoms with Crippen molar-refractivity contribution in [3.05, 3.63) is 22.6 Å². The zero-order valence-corrected chi connectivity index (χ0v) is 11.0. The van der Waals surface area contributed by atoms with Gasteiger partial charge in [0, 0.05) is 13.2 Å². The van der Waals surface area contributed by atoms with Gasteiger partial charge in [0.1, 0.15) is 5.76 Å². The Balaban J connectivity index is 2.33. The molecule has 0 fully saturated rings. The third-order valence-electron chi connectivity index (χ3n) is 2.18. The number of furan rings is 1. The Morgan fingerprint density at radius 1 is 1.47 bits per heavy atom. The van der Waals surface area contributed by atoms with Gasteiger partial charge in [-0.25, -0.2) is 0 Å². The second-order valence-electron chi connectivity index (χ2n) is 3.54. The average molecular weight is 276 g/mol. The lowest BCUT2D eigenvalue weighted by atomic mass is 10.2. The minimum absolute atomic E-state index is 0.208. The molecule has 1 rings (SSSR count). The quantitative estimate of drug-likeness (QED) is 0.866. The molecule has 15 heavy (non-hydrogen) atoms. The third-order valence-corrected chi connectivity index (χ3v) is 2.61. The Hall–Kier alpha value is -0.320. The van der Waals surface area contributed by atoms with E-state index in [1.807, 2.05) is 19.1 Å². The number of halogens is 1. The summed E-state index contributed by atoms with van der Waals surface area (Å²) in [6, 6.07) is 4.08.